The van der Waals surface area contributed by atoms with Crippen molar-refractivity contribution in [2.75, 3.05) is 52.9 Å². The number of hydrogen-bond donors (Lipinski definition) is 0. The maximum absolute atomic E-state index is 13.8. The zero-order valence-electron chi connectivity index (χ0n) is 20.7. The first-order valence-corrected chi connectivity index (χ1v) is 12.5. The highest BCUT2D eigenvalue weighted by Gasteiger charge is 2.55. The van der Waals surface area contributed by atoms with Crippen molar-refractivity contribution in [1.29, 1.82) is 0 Å². The second-order valence-corrected chi connectivity index (χ2v) is 9.89. The molecule has 0 aliphatic carbocycles. The first-order chi connectivity index (χ1) is 17.8. The fraction of sp³-hybridized carbons (Fsp3) is 0.444. The molecule has 0 N–H and O–H groups in total. The average molecular weight is 513 g/mol. The summed E-state index contributed by atoms with van der Waals surface area (Å²) < 4.78 is 33.5. The first-order valence-electron chi connectivity index (χ1n) is 12.5. The van der Waals surface area contributed by atoms with Gasteiger partial charge in [-0.2, -0.15) is 0 Å². The number of carbonyl (C=O) groups is 3. The van der Waals surface area contributed by atoms with E-state index in [0.717, 1.165) is 13.1 Å². The lowest BCUT2D eigenvalue weighted by Gasteiger charge is -2.45. The zero-order valence-corrected chi connectivity index (χ0v) is 20.7. The topological polar surface area (TPSA) is 73.4 Å². The molecule has 0 saturated carbocycles. The fourth-order valence-electron chi connectivity index (χ4n) is 5.39. The molecule has 3 aliphatic heterocycles. The molecule has 0 unspecified atom stereocenters. The van der Waals surface area contributed by atoms with Crippen molar-refractivity contribution in [2.24, 2.45) is 0 Å². The van der Waals surface area contributed by atoms with Crippen LogP contribution in [-0.2, 0) is 9.53 Å². The van der Waals surface area contributed by atoms with E-state index < -0.39 is 29.3 Å². The van der Waals surface area contributed by atoms with Crippen molar-refractivity contribution < 1.29 is 27.9 Å². The Hall–Kier alpha value is -3.37. The normalized spacial score (nSPS) is 21.9. The van der Waals surface area contributed by atoms with Crippen LogP contribution < -0.4 is 0 Å². The Morgan fingerprint density at radius 2 is 1.49 bits per heavy atom. The summed E-state index contributed by atoms with van der Waals surface area (Å²) in [5.74, 6) is -1.82. The SMILES string of the molecule is CN1CCN(C(=O)[C@H]2COC3(CCN(C(=O)c4cccc(F)c4)CC3)N2C(=O)c2ccc(F)cc2)CC1. The second kappa shape index (κ2) is 10.2. The summed E-state index contributed by atoms with van der Waals surface area (Å²) in [5, 5.41) is 0. The minimum Gasteiger partial charge on any atom is -0.353 e. The number of likely N-dealkylation sites (N-methyl/N-ethyl adjacent to an activating group) is 1. The van der Waals surface area contributed by atoms with Crippen molar-refractivity contribution in [3.05, 3.63) is 71.3 Å². The number of halogens is 2. The largest absolute Gasteiger partial charge is 0.353 e. The maximum Gasteiger partial charge on any atom is 0.256 e. The van der Waals surface area contributed by atoms with Gasteiger partial charge in [-0.05, 0) is 49.5 Å². The summed E-state index contributed by atoms with van der Waals surface area (Å²) in [6, 6.07) is 9.98. The van der Waals surface area contributed by atoms with Crippen LogP contribution in [0.4, 0.5) is 8.78 Å². The molecule has 3 saturated heterocycles. The van der Waals surface area contributed by atoms with Gasteiger partial charge in [0.15, 0.2) is 0 Å². The number of amides is 3. The molecule has 2 aromatic rings. The number of likely N-dealkylation sites (tertiary alicyclic amines) is 1. The number of piperidine rings is 1. The molecule has 3 fully saturated rings. The van der Waals surface area contributed by atoms with E-state index in [1.54, 1.807) is 15.9 Å². The molecule has 37 heavy (non-hydrogen) atoms. The Labute approximate surface area is 214 Å². The molecular weight excluding hydrogens is 482 g/mol. The molecule has 5 rings (SSSR count). The van der Waals surface area contributed by atoms with Gasteiger partial charge in [-0.15, -0.1) is 0 Å². The van der Waals surface area contributed by atoms with E-state index in [2.05, 4.69) is 4.90 Å². The van der Waals surface area contributed by atoms with Gasteiger partial charge < -0.3 is 19.4 Å². The van der Waals surface area contributed by atoms with Gasteiger partial charge in [0.1, 0.15) is 23.4 Å². The van der Waals surface area contributed by atoms with Crippen molar-refractivity contribution in [3.63, 3.8) is 0 Å². The molecule has 3 aliphatic rings. The molecule has 3 amide bonds. The van der Waals surface area contributed by atoms with Gasteiger partial charge in [-0.3, -0.25) is 19.3 Å². The maximum atomic E-state index is 13.8. The molecule has 8 nitrogen and oxygen atoms in total. The summed E-state index contributed by atoms with van der Waals surface area (Å²) in [6.45, 7) is 3.22. The average Bonchev–Trinajstić information content (AvgIpc) is 3.27. The van der Waals surface area contributed by atoms with Gasteiger partial charge >= 0.3 is 0 Å². The Bertz CT molecular complexity index is 1180. The van der Waals surface area contributed by atoms with Gasteiger partial charge in [0, 0.05) is 63.2 Å². The highest BCUT2D eigenvalue weighted by Crippen LogP contribution is 2.39. The van der Waals surface area contributed by atoms with E-state index in [-0.39, 0.29) is 42.6 Å². The lowest BCUT2D eigenvalue weighted by atomic mass is 9.96. The molecular formula is C27H30F2N4O4. The van der Waals surface area contributed by atoms with Gasteiger partial charge in [0.25, 0.3) is 11.8 Å². The number of ether oxygens (including phenoxy) is 1. The molecule has 1 atom stereocenters. The summed E-state index contributed by atoms with van der Waals surface area (Å²) in [6.07, 6.45) is 0.598. The third-order valence-corrected chi connectivity index (χ3v) is 7.57. The van der Waals surface area contributed by atoms with Crippen LogP contribution >= 0.6 is 0 Å². The fourth-order valence-corrected chi connectivity index (χ4v) is 5.39. The van der Waals surface area contributed by atoms with Gasteiger partial charge in [-0.25, -0.2) is 8.78 Å². The molecule has 0 radical (unpaired) electrons. The lowest BCUT2D eigenvalue weighted by Crippen LogP contribution is -2.61. The number of hydrogen-bond acceptors (Lipinski definition) is 5. The quantitative estimate of drug-likeness (QED) is 0.631. The summed E-state index contributed by atoms with van der Waals surface area (Å²) >= 11 is 0. The summed E-state index contributed by atoms with van der Waals surface area (Å²) in [5.41, 5.74) is -0.553. The minimum atomic E-state index is -1.07. The molecule has 0 bridgehead atoms. The van der Waals surface area contributed by atoms with E-state index in [1.165, 1.54) is 47.4 Å². The van der Waals surface area contributed by atoms with E-state index >= 15 is 0 Å². The van der Waals surface area contributed by atoms with Crippen molar-refractivity contribution in [2.45, 2.75) is 24.6 Å². The van der Waals surface area contributed by atoms with Crippen molar-refractivity contribution >= 4 is 17.7 Å². The molecule has 1 spiro atoms. The Balaban J connectivity index is 1.39. The number of nitrogens with zero attached hydrogens (tertiary/aromatic N) is 4. The Kier molecular flexibility index (Phi) is 6.96. The van der Waals surface area contributed by atoms with E-state index in [9.17, 15) is 23.2 Å². The van der Waals surface area contributed by atoms with Crippen LogP contribution in [0.1, 0.15) is 33.6 Å². The predicted molar refractivity (Wildman–Crippen MR) is 131 cm³/mol. The zero-order chi connectivity index (χ0) is 26.2. The summed E-state index contributed by atoms with van der Waals surface area (Å²) in [4.78, 5) is 47.4. The molecule has 10 heteroatoms. The van der Waals surface area contributed by atoms with Crippen LogP contribution in [0.25, 0.3) is 0 Å². The smallest absolute Gasteiger partial charge is 0.256 e. The van der Waals surface area contributed by atoms with Gasteiger partial charge in [0.2, 0.25) is 5.91 Å². The van der Waals surface area contributed by atoms with Gasteiger partial charge in [0.05, 0.1) is 6.61 Å². The Morgan fingerprint density at radius 1 is 0.811 bits per heavy atom. The monoisotopic (exact) mass is 512 g/mol. The third-order valence-electron chi connectivity index (χ3n) is 7.57. The van der Waals surface area contributed by atoms with E-state index in [0.29, 0.717) is 25.9 Å². The van der Waals surface area contributed by atoms with E-state index in [1.807, 2.05) is 7.05 Å². The van der Waals surface area contributed by atoms with Crippen molar-refractivity contribution in [1.82, 2.24) is 19.6 Å². The van der Waals surface area contributed by atoms with Crippen LogP contribution in [0.15, 0.2) is 48.5 Å². The van der Waals surface area contributed by atoms with Crippen LogP contribution in [0, 0.1) is 11.6 Å². The van der Waals surface area contributed by atoms with Crippen LogP contribution in [-0.4, -0.2) is 102 Å². The number of rotatable bonds is 3. The standard InChI is InChI=1S/C27H30F2N4O4/c1-30-13-15-32(16-14-30)26(36)23-18-37-27(33(23)25(35)19-5-7-21(28)8-6-19)9-11-31(12-10-27)24(34)20-3-2-4-22(29)17-20/h2-8,17,23H,9-16,18H2,1H3/t23-/m1/s1. The summed E-state index contributed by atoms with van der Waals surface area (Å²) in [7, 11) is 2.00. The highest BCUT2D eigenvalue weighted by atomic mass is 19.1. The third kappa shape index (κ3) is 4.95. The first kappa shape index (κ1) is 25.3. The van der Waals surface area contributed by atoms with Crippen LogP contribution in [0.5, 0.6) is 0 Å². The minimum absolute atomic E-state index is 0.0515. The number of piperazine rings is 1. The van der Waals surface area contributed by atoms with Gasteiger partial charge in [-0.1, -0.05) is 6.07 Å². The predicted octanol–water partition coefficient (Wildman–Crippen LogP) is 2.21. The lowest BCUT2D eigenvalue weighted by molar-refractivity contribution is -0.139. The Morgan fingerprint density at radius 3 is 2.14 bits per heavy atom. The van der Waals surface area contributed by atoms with Crippen LogP contribution in [0.2, 0.25) is 0 Å². The number of benzene rings is 2. The molecule has 3 heterocycles. The van der Waals surface area contributed by atoms with E-state index in [4.69, 9.17) is 4.74 Å². The molecule has 196 valence electrons. The molecule has 2 aromatic carbocycles. The van der Waals surface area contributed by atoms with Crippen molar-refractivity contribution in [3.8, 4) is 0 Å². The number of carbonyl (C=O) groups excluding carboxylic acids is 3. The highest BCUT2D eigenvalue weighted by molar-refractivity contribution is 5.98. The second-order valence-electron chi connectivity index (χ2n) is 9.89. The molecule has 0 aromatic heterocycles. The van der Waals surface area contributed by atoms with Crippen LogP contribution in [0.3, 0.4) is 0 Å².